The third kappa shape index (κ3) is 21.8. The first-order valence-corrected chi connectivity index (χ1v) is 34.5. The van der Waals surface area contributed by atoms with Gasteiger partial charge in [-0.2, -0.15) is 8.42 Å². The van der Waals surface area contributed by atoms with Crippen molar-refractivity contribution in [1.29, 1.82) is 0 Å². The predicted molar refractivity (Wildman–Crippen MR) is 356 cm³/mol. The lowest BCUT2D eigenvalue weighted by atomic mass is 9.89. The van der Waals surface area contributed by atoms with Crippen molar-refractivity contribution in [2.24, 2.45) is 29.4 Å². The molecule has 2 aromatic rings. The van der Waals surface area contributed by atoms with E-state index in [0.29, 0.717) is 31.4 Å². The first-order chi connectivity index (χ1) is 46.2. The van der Waals surface area contributed by atoms with E-state index in [1.807, 2.05) is 19.9 Å². The summed E-state index contributed by atoms with van der Waals surface area (Å²) in [5, 5.41) is 24.5. The maximum atomic E-state index is 14.9. The van der Waals surface area contributed by atoms with E-state index in [1.54, 1.807) is 77.8 Å². The standard InChI is InChI=1S/C67H100N10O20S/c1-13-41(6)58(49(93-11)35-55(82)76-30-19-23-48(76)60(94-12)42(7)61(84)69-43(8)59(83)44-20-15-14-16-21-44)74(9)64(87)56(39(2)3)72-63(86)57(40(4)5)75(10)66(89)97-36-45-25-26-46(34-50(45)98(90,91)92)70-62(85)47(22-17-18-24-51(68)78)71-65(88)67(37-96-38-67)73-52(79)29-32-95-33-31-77-53(80)27-28-54(77)81/h14-16,20-21,25-28,34,39-43,47-49,56-60,83H,13,17-19,22-24,29-33,35-38H2,1-12H3,(H2,68,78)(H,69,84)(H,70,85)(H,71,88)(H,72,86)(H,73,79)(H,90,91,92)/t41?,42-,43-,47+,48+,49-,56+,57+,58?,59-,60-/m1/s1. The summed E-state index contributed by atoms with van der Waals surface area (Å²) in [6.45, 7) is 12.9. The molecule has 5 rings (SSSR count). The Hall–Kier alpha value is -7.94. The molecule has 2 saturated heterocycles. The molecule has 11 amide bonds. The number of anilines is 1. The van der Waals surface area contributed by atoms with Gasteiger partial charge in [0.1, 0.15) is 29.6 Å². The summed E-state index contributed by atoms with van der Waals surface area (Å²) in [6.07, 6.45) is 0.334. The van der Waals surface area contributed by atoms with Gasteiger partial charge in [-0.15, -0.1) is 0 Å². The van der Waals surface area contributed by atoms with E-state index in [1.165, 1.54) is 32.2 Å². The van der Waals surface area contributed by atoms with Crippen molar-refractivity contribution in [1.82, 2.24) is 40.9 Å². The molecule has 2 fully saturated rings. The maximum absolute atomic E-state index is 14.9. The Bertz CT molecular complexity index is 3260. The van der Waals surface area contributed by atoms with Crippen molar-refractivity contribution in [3.63, 3.8) is 0 Å². The topological polar surface area (TPSA) is 408 Å². The minimum absolute atomic E-state index is 0.0394. The Kier molecular flexibility index (Phi) is 30.7. The quantitative estimate of drug-likeness (QED) is 0.0271. The molecular formula is C67H100N10O20S. The van der Waals surface area contributed by atoms with Crippen molar-refractivity contribution >= 4 is 81.0 Å². The van der Waals surface area contributed by atoms with Gasteiger partial charge >= 0.3 is 6.09 Å². The number of rotatable bonds is 39. The number of likely N-dealkylation sites (tertiary alicyclic amines) is 1. The zero-order chi connectivity index (χ0) is 72.9. The second-order valence-corrected chi connectivity index (χ2v) is 27.4. The fraction of sp³-hybridized carbons (Fsp3) is 0.627. The molecule has 2 unspecified atom stereocenters. The third-order valence-corrected chi connectivity index (χ3v) is 19.1. The van der Waals surface area contributed by atoms with Crippen molar-refractivity contribution in [2.75, 3.05) is 73.1 Å². The van der Waals surface area contributed by atoms with Crippen LogP contribution in [-0.4, -0.2) is 225 Å². The molecular weight excluding hydrogens is 1300 g/mol. The second-order valence-electron chi connectivity index (χ2n) is 26.0. The number of ether oxygens (including phenoxy) is 5. The summed E-state index contributed by atoms with van der Waals surface area (Å²) in [5.41, 5.74) is 3.90. The number of unbranched alkanes of at least 4 members (excludes halogenated alkanes) is 1. The maximum Gasteiger partial charge on any atom is 0.410 e. The van der Waals surface area contributed by atoms with Crippen molar-refractivity contribution in [2.45, 2.75) is 185 Å². The molecule has 9 N–H and O–H groups in total. The lowest BCUT2D eigenvalue weighted by Crippen LogP contribution is -2.71. The van der Waals surface area contributed by atoms with Gasteiger partial charge < -0.3 is 70.9 Å². The fourth-order valence-corrected chi connectivity index (χ4v) is 13.1. The van der Waals surface area contributed by atoms with Gasteiger partial charge in [-0.3, -0.25) is 62.3 Å². The number of nitrogens with two attached hydrogens (primary N) is 1. The number of amides is 11. The van der Waals surface area contributed by atoms with Gasteiger partial charge in [-0.1, -0.05) is 97.7 Å². The number of aliphatic hydroxyl groups excluding tert-OH is 1. The average molecular weight is 1400 g/mol. The number of aliphatic hydroxyl groups is 1. The number of benzene rings is 2. The zero-order valence-corrected chi connectivity index (χ0v) is 58.9. The normalized spacial score (nSPS) is 18.2. The van der Waals surface area contributed by atoms with Gasteiger partial charge in [0.2, 0.25) is 41.4 Å². The Balaban J connectivity index is 1.23. The van der Waals surface area contributed by atoms with Crippen LogP contribution in [0.5, 0.6) is 0 Å². The number of imide groups is 1. The van der Waals surface area contributed by atoms with Crippen LogP contribution in [-0.2, 0) is 88.4 Å². The van der Waals surface area contributed by atoms with Gasteiger partial charge in [0.05, 0.1) is 81.7 Å². The van der Waals surface area contributed by atoms with Crippen LogP contribution in [0.1, 0.15) is 130 Å². The number of nitrogens with zero attached hydrogens (tertiary/aromatic N) is 4. The number of hydrogen-bond donors (Lipinski definition) is 8. The van der Waals surface area contributed by atoms with Gasteiger partial charge in [0, 0.05) is 71.1 Å². The molecule has 0 bridgehead atoms. The van der Waals surface area contributed by atoms with E-state index in [2.05, 4.69) is 26.6 Å². The average Bonchev–Trinajstić information content (AvgIpc) is 0.932. The van der Waals surface area contributed by atoms with E-state index in [9.17, 15) is 70.8 Å². The Morgan fingerprint density at radius 3 is 2.05 bits per heavy atom. The lowest BCUT2D eigenvalue weighted by Gasteiger charge is -2.41. The van der Waals surface area contributed by atoms with E-state index in [0.717, 1.165) is 34.1 Å². The van der Waals surface area contributed by atoms with Crippen molar-refractivity contribution in [3.05, 3.63) is 71.8 Å². The molecule has 11 atom stereocenters. The van der Waals surface area contributed by atoms with Crippen LogP contribution < -0.4 is 32.3 Å². The van der Waals surface area contributed by atoms with Crippen molar-refractivity contribution in [3.8, 4) is 0 Å². The summed E-state index contributed by atoms with van der Waals surface area (Å²) in [4.78, 5) is 152. The van der Waals surface area contributed by atoms with Crippen LogP contribution in [0.15, 0.2) is 65.6 Å². The lowest BCUT2D eigenvalue weighted by molar-refractivity contribution is -0.155. The first-order valence-electron chi connectivity index (χ1n) is 33.1. The number of likely N-dealkylation sites (N-methyl/N-ethyl adjacent to an activating group) is 2. The Morgan fingerprint density at radius 2 is 1.48 bits per heavy atom. The monoisotopic (exact) mass is 1400 g/mol. The molecule has 2 aromatic carbocycles. The van der Waals surface area contributed by atoms with Crippen LogP contribution >= 0.6 is 0 Å². The summed E-state index contributed by atoms with van der Waals surface area (Å²) < 4.78 is 64.6. The third-order valence-electron chi connectivity index (χ3n) is 18.2. The number of nitrogens with one attached hydrogen (secondary N) is 5. The number of methoxy groups -OCH3 is 2. The molecule has 0 spiro atoms. The highest BCUT2D eigenvalue weighted by Gasteiger charge is 2.49. The number of hydrogen-bond acceptors (Lipinski definition) is 19. The number of carbonyl (C=O) groups is 11. The van der Waals surface area contributed by atoms with Gasteiger partial charge in [-0.05, 0) is 68.1 Å². The Labute approximate surface area is 573 Å². The van der Waals surface area contributed by atoms with Gasteiger partial charge in [-0.25, -0.2) is 4.79 Å². The fourth-order valence-electron chi connectivity index (χ4n) is 12.3. The van der Waals surface area contributed by atoms with Gasteiger partial charge in [0.25, 0.3) is 27.8 Å². The smallest absolute Gasteiger partial charge is 0.410 e. The molecule has 0 aromatic heterocycles. The van der Waals surface area contributed by atoms with Crippen LogP contribution in [0.3, 0.4) is 0 Å². The second kappa shape index (κ2) is 37.3. The number of primary amides is 1. The largest absolute Gasteiger partial charge is 0.444 e. The van der Waals surface area contributed by atoms with Crippen LogP contribution in [0.25, 0.3) is 0 Å². The minimum Gasteiger partial charge on any atom is -0.444 e. The molecule has 0 aliphatic carbocycles. The molecule has 30 nitrogen and oxygen atoms in total. The zero-order valence-electron chi connectivity index (χ0n) is 58.1. The summed E-state index contributed by atoms with van der Waals surface area (Å²) in [7, 11) is 0.682. The molecule has 3 aliphatic heterocycles. The van der Waals surface area contributed by atoms with Crippen LogP contribution in [0, 0.1) is 23.7 Å². The molecule has 3 aliphatic rings. The molecule has 3 heterocycles. The van der Waals surface area contributed by atoms with Crippen molar-refractivity contribution < 1.29 is 94.5 Å². The molecule has 544 valence electrons. The van der Waals surface area contributed by atoms with E-state index in [-0.39, 0.29) is 100 Å². The molecule has 0 radical (unpaired) electrons. The minimum atomic E-state index is -5.12. The summed E-state index contributed by atoms with van der Waals surface area (Å²) in [6, 6.07) is 6.64. The predicted octanol–water partition coefficient (Wildman–Crippen LogP) is 2.51. The molecule has 31 heteroatoms. The van der Waals surface area contributed by atoms with E-state index >= 15 is 0 Å². The van der Waals surface area contributed by atoms with E-state index < -0.39 is 153 Å². The summed E-state index contributed by atoms with van der Waals surface area (Å²) >= 11 is 0. The Morgan fingerprint density at radius 1 is 0.816 bits per heavy atom. The van der Waals surface area contributed by atoms with E-state index in [4.69, 9.17) is 29.4 Å². The van der Waals surface area contributed by atoms with Crippen LogP contribution in [0.2, 0.25) is 0 Å². The number of carbonyl (C=O) groups excluding carboxylic acids is 11. The molecule has 98 heavy (non-hydrogen) atoms. The highest BCUT2D eigenvalue weighted by atomic mass is 32.2. The first kappa shape index (κ1) is 80.7. The van der Waals surface area contributed by atoms with Crippen LogP contribution in [0.4, 0.5) is 10.5 Å². The highest BCUT2D eigenvalue weighted by molar-refractivity contribution is 7.85. The van der Waals surface area contributed by atoms with Gasteiger partial charge in [0.15, 0.2) is 5.54 Å². The summed E-state index contributed by atoms with van der Waals surface area (Å²) in [5.74, 6) is -7.85. The SMILES string of the molecule is CCC(C)C([C@@H](CC(=O)N1CCC[C@H]1[C@H](OC)[C@@H](C)C(=O)N[C@H](C)[C@@H](O)c1ccccc1)OC)N(C)C(=O)[C@@H](NC(=O)[C@H](C(C)C)N(C)C(=O)OCc1ccc(NC(=O)[C@H](CCCCC(N)=O)NC(=O)C2(NC(=O)CCOCCN3C(=O)C=CC3=O)COC2)cc1S(=O)(=O)O)C(C)C. The highest BCUT2D eigenvalue weighted by Crippen LogP contribution is 2.31. The molecule has 0 saturated carbocycles.